The van der Waals surface area contributed by atoms with Crippen LogP contribution in [0.2, 0.25) is 10.0 Å². The van der Waals surface area contributed by atoms with Crippen LogP contribution in [0.3, 0.4) is 0 Å². The monoisotopic (exact) mass is 610 g/mol. The van der Waals surface area contributed by atoms with Gasteiger partial charge in [0.25, 0.3) is 0 Å². The maximum Gasteiger partial charge on any atom is 0.416 e. The zero-order chi connectivity index (χ0) is 29.3. The SMILES string of the molecule is O=C1CCC(Nc2nc(Cn3nc(-c4ccc(Cl)cc4)n(CC(O)C(F)(F)F)c3=O)nn2-c2ccccc2Cl)CN1. The van der Waals surface area contributed by atoms with Gasteiger partial charge in [0, 0.05) is 29.6 Å². The van der Waals surface area contributed by atoms with E-state index in [1.54, 1.807) is 24.3 Å². The normalized spacial score (nSPS) is 16.4. The van der Waals surface area contributed by atoms with Gasteiger partial charge in [-0.3, -0.25) is 9.36 Å². The van der Waals surface area contributed by atoms with E-state index in [2.05, 4.69) is 25.8 Å². The van der Waals surface area contributed by atoms with E-state index < -0.39 is 24.5 Å². The molecule has 0 saturated carbocycles. The first-order chi connectivity index (χ1) is 19.5. The molecule has 3 N–H and O–H groups in total. The third-order valence-corrected chi connectivity index (χ3v) is 6.95. The summed E-state index contributed by atoms with van der Waals surface area (Å²) in [5.74, 6) is 0.236. The number of hydrogen-bond donors (Lipinski definition) is 3. The summed E-state index contributed by atoms with van der Waals surface area (Å²) in [7, 11) is 0. The van der Waals surface area contributed by atoms with E-state index in [9.17, 15) is 27.9 Å². The standard InChI is InChI=1S/C25H23Cl2F3N8O3/c26-15-7-5-14(6-8-15)22-35-37(24(41)36(22)12-19(39)25(28,29)30)13-20-33-23(32-16-9-10-21(40)31-11-16)38(34-20)18-4-2-1-3-17(18)27/h1-8,16,19,39H,9-13H2,(H,31,40)(H,32,33,34). The number of nitrogens with one attached hydrogen (secondary N) is 2. The van der Waals surface area contributed by atoms with Crippen molar-refractivity contribution in [2.45, 2.75) is 44.3 Å². The molecule has 1 aliphatic heterocycles. The molecule has 41 heavy (non-hydrogen) atoms. The molecule has 1 aliphatic rings. The van der Waals surface area contributed by atoms with E-state index in [1.807, 2.05) is 0 Å². The quantitative estimate of drug-likeness (QED) is 0.279. The van der Waals surface area contributed by atoms with Crippen molar-refractivity contribution in [2.24, 2.45) is 0 Å². The minimum Gasteiger partial charge on any atom is -0.382 e. The highest BCUT2D eigenvalue weighted by Gasteiger charge is 2.39. The number of alkyl halides is 3. The number of rotatable bonds is 8. The van der Waals surface area contributed by atoms with E-state index in [0.29, 0.717) is 40.7 Å². The summed E-state index contributed by atoms with van der Waals surface area (Å²) in [6.45, 7) is -1.01. The number of hydrogen-bond acceptors (Lipinski definition) is 7. The van der Waals surface area contributed by atoms with Crippen molar-refractivity contribution in [3.05, 3.63) is 74.9 Å². The van der Waals surface area contributed by atoms with Crippen LogP contribution in [0.15, 0.2) is 53.3 Å². The van der Waals surface area contributed by atoms with E-state index in [1.165, 1.54) is 28.9 Å². The lowest BCUT2D eigenvalue weighted by molar-refractivity contribution is -0.207. The Morgan fingerprint density at radius 3 is 2.49 bits per heavy atom. The highest BCUT2D eigenvalue weighted by Crippen LogP contribution is 2.26. The fourth-order valence-corrected chi connectivity index (χ4v) is 4.62. The molecule has 216 valence electrons. The van der Waals surface area contributed by atoms with Crippen LogP contribution < -0.4 is 16.3 Å². The van der Waals surface area contributed by atoms with Crippen LogP contribution in [-0.4, -0.2) is 65.0 Å². The van der Waals surface area contributed by atoms with E-state index in [-0.39, 0.29) is 36.1 Å². The summed E-state index contributed by atoms with van der Waals surface area (Å²) in [5.41, 5.74) is -0.101. The fraction of sp³-hybridized carbons (Fsp3) is 0.320. The number of aromatic nitrogens is 6. The van der Waals surface area contributed by atoms with Gasteiger partial charge in [-0.05, 0) is 42.8 Å². The summed E-state index contributed by atoms with van der Waals surface area (Å²) in [4.78, 5) is 29.4. The number of carbonyl (C=O) groups is 1. The number of aliphatic hydroxyl groups is 1. The Labute approximate surface area is 240 Å². The molecule has 1 saturated heterocycles. The molecule has 1 amide bonds. The van der Waals surface area contributed by atoms with Crippen molar-refractivity contribution in [1.29, 1.82) is 0 Å². The number of anilines is 1. The number of nitrogens with zero attached hydrogens (tertiary/aromatic N) is 6. The number of halogens is 5. The van der Waals surface area contributed by atoms with Gasteiger partial charge in [0.2, 0.25) is 11.9 Å². The van der Waals surface area contributed by atoms with Gasteiger partial charge in [-0.15, -0.1) is 10.2 Å². The first-order valence-corrected chi connectivity index (χ1v) is 13.2. The number of piperidine rings is 1. The van der Waals surface area contributed by atoms with E-state index >= 15 is 0 Å². The third kappa shape index (κ3) is 6.39. The molecule has 0 spiro atoms. The van der Waals surface area contributed by atoms with Crippen LogP contribution in [-0.2, 0) is 17.9 Å². The minimum atomic E-state index is -4.95. The smallest absolute Gasteiger partial charge is 0.382 e. The fourth-order valence-electron chi connectivity index (χ4n) is 4.28. The lowest BCUT2D eigenvalue weighted by atomic mass is 10.1. The van der Waals surface area contributed by atoms with Gasteiger partial charge in [-0.25, -0.2) is 9.48 Å². The second-order valence-corrected chi connectivity index (χ2v) is 10.2. The Morgan fingerprint density at radius 1 is 1.10 bits per heavy atom. The summed E-state index contributed by atoms with van der Waals surface area (Å²) in [6.07, 6.45) is -6.87. The molecule has 2 unspecified atom stereocenters. The largest absolute Gasteiger partial charge is 0.416 e. The number of para-hydroxylation sites is 1. The van der Waals surface area contributed by atoms with Crippen molar-refractivity contribution in [3.63, 3.8) is 0 Å². The molecule has 2 aromatic carbocycles. The number of amides is 1. The molecule has 0 aliphatic carbocycles. The van der Waals surface area contributed by atoms with Gasteiger partial charge in [-0.2, -0.15) is 22.8 Å². The van der Waals surface area contributed by atoms with Crippen molar-refractivity contribution < 1.29 is 23.1 Å². The Kier molecular flexibility index (Phi) is 8.07. The van der Waals surface area contributed by atoms with Crippen molar-refractivity contribution in [1.82, 2.24) is 34.4 Å². The lowest BCUT2D eigenvalue weighted by Gasteiger charge is -2.23. The molecule has 5 rings (SSSR count). The van der Waals surface area contributed by atoms with Gasteiger partial charge >= 0.3 is 11.9 Å². The van der Waals surface area contributed by atoms with Crippen molar-refractivity contribution in [3.8, 4) is 17.1 Å². The summed E-state index contributed by atoms with van der Waals surface area (Å²) in [6, 6.07) is 12.7. The van der Waals surface area contributed by atoms with Gasteiger partial charge in [0.1, 0.15) is 6.54 Å². The number of aliphatic hydroxyl groups excluding tert-OH is 1. The average Bonchev–Trinajstić information content (AvgIpc) is 3.46. The van der Waals surface area contributed by atoms with Crippen molar-refractivity contribution in [2.75, 3.05) is 11.9 Å². The maximum absolute atomic E-state index is 13.3. The first-order valence-electron chi connectivity index (χ1n) is 12.4. The first kappa shape index (κ1) is 28.6. The Hall–Kier alpha value is -3.88. The van der Waals surface area contributed by atoms with Gasteiger partial charge in [-0.1, -0.05) is 35.3 Å². The molecule has 4 aromatic rings. The van der Waals surface area contributed by atoms with E-state index in [0.717, 1.165) is 9.25 Å². The van der Waals surface area contributed by atoms with Crippen LogP contribution in [0.25, 0.3) is 17.1 Å². The molecule has 2 atom stereocenters. The predicted molar refractivity (Wildman–Crippen MR) is 144 cm³/mol. The van der Waals surface area contributed by atoms with Crippen LogP contribution in [0.4, 0.5) is 19.1 Å². The van der Waals surface area contributed by atoms with E-state index in [4.69, 9.17) is 23.2 Å². The van der Waals surface area contributed by atoms with Crippen molar-refractivity contribution >= 4 is 35.1 Å². The molecule has 2 aromatic heterocycles. The molecule has 3 heterocycles. The van der Waals surface area contributed by atoms with Crippen LogP contribution >= 0.6 is 23.2 Å². The molecular formula is C25H23Cl2F3N8O3. The maximum atomic E-state index is 13.3. The molecule has 11 nitrogen and oxygen atoms in total. The zero-order valence-corrected chi connectivity index (χ0v) is 22.7. The summed E-state index contributed by atoms with van der Waals surface area (Å²) < 4.78 is 42.7. The van der Waals surface area contributed by atoms with Gasteiger partial charge in [0.15, 0.2) is 17.8 Å². The average molecular weight is 611 g/mol. The highest BCUT2D eigenvalue weighted by atomic mass is 35.5. The minimum absolute atomic E-state index is 0.0570. The molecular weight excluding hydrogens is 588 g/mol. The topological polar surface area (TPSA) is 132 Å². The van der Waals surface area contributed by atoms with Crippen LogP contribution in [0.5, 0.6) is 0 Å². The lowest BCUT2D eigenvalue weighted by Crippen LogP contribution is -2.42. The Bertz CT molecular complexity index is 1610. The molecule has 0 radical (unpaired) electrons. The number of carbonyl (C=O) groups excluding carboxylic acids is 1. The highest BCUT2D eigenvalue weighted by molar-refractivity contribution is 6.32. The summed E-state index contributed by atoms with van der Waals surface area (Å²) >= 11 is 12.4. The van der Waals surface area contributed by atoms with Crippen LogP contribution in [0.1, 0.15) is 18.7 Å². The molecule has 16 heteroatoms. The second kappa shape index (κ2) is 11.5. The Morgan fingerprint density at radius 2 is 1.83 bits per heavy atom. The second-order valence-electron chi connectivity index (χ2n) is 9.34. The van der Waals surface area contributed by atoms with Crippen LogP contribution in [0, 0.1) is 0 Å². The predicted octanol–water partition coefficient (Wildman–Crippen LogP) is 3.26. The van der Waals surface area contributed by atoms with Gasteiger partial charge < -0.3 is 15.7 Å². The number of benzene rings is 2. The Balaban J connectivity index is 1.52. The molecule has 0 bridgehead atoms. The third-order valence-electron chi connectivity index (χ3n) is 6.38. The van der Waals surface area contributed by atoms with Gasteiger partial charge in [0.05, 0.1) is 17.3 Å². The molecule has 1 fully saturated rings. The summed E-state index contributed by atoms with van der Waals surface area (Å²) in [5, 5.41) is 25.2. The zero-order valence-electron chi connectivity index (χ0n) is 21.1.